The van der Waals surface area contributed by atoms with Crippen molar-refractivity contribution in [3.05, 3.63) is 65.2 Å². The van der Waals surface area contributed by atoms with Crippen molar-refractivity contribution in [3.8, 4) is 5.75 Å². The van der Waals surface area contributed by atoms with Crippen molar-refractivity contribution in [1.29, 1.82) is 0 Å². The molecule has 1 amide bonds. The average Bonchev–Trinajstić information content (AvgIpc) is 2.51. The van der Waals surface area contributed by atoms with Gasteiger partial charge in [-0.15, -0.1) is 0 Å². The molecule has 0 spiro atoms. The van der Waals surface area contributed by atoms with Crippen LogP contribution in [0.4, 0.5) is 0 Å². The van der Waals surface area contributed by atoms with Crippen molar-refractivity contribution in [2.75, 3.05) is 6.61 Å². The summed E-state index contributed by atoms with van der Waals surface area (Å²) in [7, 11) is 0. The van der Waals surface area contributed by atoms with E-state index >= 15 is 0 Å². The number of nitrogens with one attached hydrogen (secondary N) is 1. The lowest BCUT2D eigenvalue weighted by Crippen LogP contribution is -2.51. The molecule has 0 heterocycles. The smallest absolute Gasteiger partial charge is 0.224 e. The van der Waals surface area contributed by atoms with Crippen LogP contribution in [0, 0.1) is 13.8 Å². The van der Waals surface area contributed by atoms with E-state index in [-0.39, 0.29) is 11.4 Å². The maximum atomic E-state index is 12.4. The highest BCUT2D eigenvalue weighted by atomic mass is 16.5. The Hall–Kier alpha value is -2.29. The summed E-state index contributed by atoms with van der Waals surface area (Å²) >= 11 is 0. The second-order valence-electron chi connectivity index (χ2n) is 6.77. The van der Waals surface area contributed by atoms with E-state index in [4.69, 9.17) is 4.74 Å². The Morgan fingerprint density at radius 1 is 1.08 bits per heavy atom. The first-order valence-corrected chi connectivity index (χ1v) is 8.65. The van der Waals surface area contributed by atoms with Crippen LogP contribution >= 0.6 is 0 Å². The number of hydrogen-bond donors (Lipinski definition) is 1. The fourth-order valence-corrected chi connectivity index (χ4v) is 3.38. The molecule has 3 rings (SSSR count). The van der Waals surface area contributed by atoms with Gasteiger partial charge in [0.15, 0.2) is 0 Å². The summed E-state index contributed by atoms with van der Waals surface area (Å²) in [5.41, 5.74) is 3.39. The van der Waals surface area contributed by atoms with E-state index in [0.29, 0.717) is 13.0 Å². The van der Waals surface area contributed by atoms with Crippen LogP contribution in [0.2, 0.25) is 0 Å². The molecule has 3 nitrogen and oxygen atoms in total. The number of ether oxygens (including phenoxy) is 1. The Balaban J connectivity index is 1.54. The number of carbonyl (C=O) groups excluding carboxylic acids is 1. The van der Waals surface area contributed by atoms with Crippen LogP contribution in [0.25, 0.3) is 0 Å². The molecule has 126 valence electrons. The van der Waals surface area contributed by atoms with E-state index in [9.17, 15) is 4.79 Å². The summed E-state index contributed by atoms with van der Waals surface area (Å²) in [5.74, 6) is 0.893. The lowest BCUT2D eigenvalue weighted by Gasteiger charge is -2.43. The van der Waals surface area contributed by atoms with Crippen LogP contribution < -0.4 is 10.1 Å². The Kier molecular flexibility index (Phi) is 4.89. The first-order chi connectivity index (χ1) is 11.6. The van der Waals surface area contributed by atoms with Gasteiger partial charge in [0.2, 0.25) is 5.91 Å². The molecule has 0 radical (unpaired) electrons. The van der Waals surface area contributed by atoms with Crippen LogP contribution in [0.1, 0.15) is 42.4 Å². The van der Waals surface area contributed by atoms with Gasteiger partial charge in [0.05, 0.1) is 18.6 Å². The molecule has 0 unspecified atom stereocenters. The molecule has 1 aliphatic rings. The van der Waals surface area contributed by atoms with Crippen LogP contribution in [-0.2, 0) is 10.3 Å². The molecule has 1 fully saturated rings. The Bertz CT molecular complexity index is 685. The highest BCUT2D eigenvalue weighted by Crippen LogP contribution is 2.41. The standard InChI is InChI=1S/C21H25NO2/c1-16-13-17(2)15-19(14-16)24-12-9-20(23)22-21(10-6-11-21)18-7-4-3-5-8-18/h3-5,7-8,13-15H,6,9-12H2,1-2H3,(H,22,23). The summed E-state index contributed by atoms with van der Waals surface area (Å²) in [6.07, 6.45) is 3.57. The topological polar surface area (TPSA) is 38.3 Å². The molecule has 2 aromatic rings. The van der Waals surface area contributed by atoms with Crippen molar-refractivity contribution in [2.24, 2.45) is 0 Å². The Morgan fingerprint density at radius 2 is 1.75 bits per heavy atom. The lowest BCUT2D eigenvalue weighted by molar-refractivity contribution is -0.124. The highest BCUT2D eigenvalue weighted by Gasteiger charge is 2.39. The summed E-state index contributed by atoms with van der Waals surface area (Å²) in [4.78, 5) is 12.4. The van der Waals surface area contributed by atoms with E-state index in [1.54, 1.807) is 0 Å². The second-order valence-corrected chi connectivity index (χ2v) is 6.77. The normalized spacial score (nSPS) is 15.4. The van der Waals surface area contributed by atoms with Gasteiger partial charge >= 0.3 is 0 Å². The summed E-state index contributed by atoms with van der Waals surface area (Å²) in [6, 6.07) is 16.4. The zero-order valence-electron chi connectivity index (χ0n) is 14.5. The average molecular weight is 323 g/mol. The first kappa shape index (κ1) is 16.6. The fraction of sp³-hybridized carbons (Fsp3) is 0.381. The summed E-state index contributed by atoms with van der Waals surface area (Å²) in [6.45, 7) is 4.50. The van der Waals surface area contributed by atoms with Gasteiger partial charge < -0.3 is 10.1 Å². The van der Waals surface area contributed by atoms with Crippen molar-refractivity contribution < 1.29 is 9.53 Å². The molecule has 0 saturated heterocycles. The lowest BCUT2D eigenvalue weighted by atomic mass is 9.71. The molecular weight excluding hydrogens is 298 g/mol. The van der Waals surface area contributed by atoms with Crippen molar-refractivity contribution in [2.45, 2.75) is 45.1 Å². The third-order valence-electron chi connectivity index (χ3n) is 4.71. The van der Waals surface area contributed by atoms with Crippen molar-refractivity contribution >= 4 is 5.91 Å². The van der Waals surface area contributed by atoms with Gasteiger partial charge in [0, 0.05) is 0 Å². The van der Waals surface area contributed by atoms with Gasteiger partial charge in [-0.05, 0) is 61.9 Å². The molecule has 3 heteroatoms. The van der Waals surface area contributed by atoms with Gasteiger partial charge in [-0.25, -0.2) is 0 Å². The van der Waals surface area contributed by atoms with Gasteiger partial charge in [0.25, 0.3) is 0 Å². The minimum atomic E-state index is -0.168. The molecule has 2 aromatic carbocycles. The summed E-state index contributed by atoms with van der Waals surface area (Å²) in [5, 5.41) is 3.24. The van der Waals surface area contributed by atoms with Crippen LogP contribution in [-0.4, -0.2) is 12.5 Å². The van der Waals surface area contributed by atoms with E-state index in [1.165, 1.54) is 16.7 Å². The van der Waals surface area contributed by atoms with E-state index in [2.05, 4.69) is 23.5 Å². The van der Waals surface area contributed by atoms with Crippen molar-refractivity contribution in [1.82, 2.24) is 5.32 Å². The minimum Gasteiger partial charge on any atom is -0.493 e. The second kappa shape index (κ2) is 7.08. The minimum absolute atomic E-state index is 0.0583. The van der Waals surface area contributed by atoms with Crippen LogP contribution in [0.15, 0.2) is 48.5 Å². The monoisotopic (exact) mass is 323 g/mol. The number of carbonyl (C=O) groups is 1. The number of rotatable bonds is 6. The van der Waals surface area contributed by atoms with Gasteiger partial charge in [0.1, 0.15) is 5.75 Å². The number of benzene rings is 2. The molecule has 1 N–H and O–H groups in total. The van der Waals surface area contributed by atoms with Crippen molar-refractivity contribution in [3.63, 3.8) is 0 Å². The highest BCUT2D eigenvalue weighted by molar-refractivity contribution is 5.77. The SMILES string of the molecule is Cc1cc(C)cc(OCCC(=O)NC2(c3ccccc3)CCC2)c1. The molecule has 1 aliphatic carbocycles. The zero-order chi connectivity index (χ0) is 17.0. The predicted molar refractivity (Wildman–Crippen MR) is 96.1 cm³/mol. The maximum absolute atomic E-state index is 12.4. The van der Waals surface area contributed by atoms with Crippen LogP contribution in [0.3, 0.4) is 0 Å². The zero-order valence-corrected chi connectivity index (χ0v) is 14.5. The molecule has 0 atom stereocenters. The Morgan fingerprint density at radius 3 is 2.33 bits per heavy atom. The van der Waals surface area contributed by atoms with Gasteiger partial charge in [-0.3, -0.25) is 4.79 Å². The summed E-state index contributed by atoms with van der Waals surface area (Å²) < 4.78 is 5.75. The van der Waals surface area contributed by atoms with Gasteiger partial charge in [-0.1, -0.05) is 36.4 Å². The molecule has 1 saturated carbocycles. The molecule has 0 aromatic heterocycles. The molecule has 24 heavy (non-hydrogen) atoms. The maximum Gasteiger partial charge on any atom is 0.224 e. The Labute approximate surface area is 144 Å². The predicted octanol–water partition coefficient (Wildman–Crippen LogP) is 4.27. The number of hydrogen-bond acceptors (Lipinski definition) is 2. The third kappa shape index (κ3) is 3.78. The largest absolute Gasteiger partial charge is 0.493 e. The van der Waals surface area contributed by atoms with Gasteiger partial charge in [-0.2, -0.15) is 0 Å². The quantitative estimate of drug-likeness (QED) is 0.862. The fourth-order valence-electron chi connectivity index (χ4n) is 3.38. The van der Waals surface area contributed by atoms with E-state index in [1.807, 2.05) is 44.2 Å². The van der Waals surface area contributed by atoms with E-state index in [0.717, 1.165) is 25.0 Å². The van der Waals surface area contributed by atoms with Crippen LogP contribution in [0.5, 0.6) is 5.75 Å². The molecule has 0 bridgehead atoms. The number of aryl methyl sites for hydroxylation is 2. The molecule has 0 aliphatic heterocycles. The first-order valence-electron chi connectivity index (χ1n) is 8.65. The molecular formula is C21H25NO2. The number of amides is 1. The third-order valence-corrected chi connectivity index (χ3v) is 4.71. The van der Waals surface area contributed by atoms with E-state index < -0.39 is 0 Å².